The topological polar surface area (TPSA) is 29.1 Å². The highest BCUT2D eigenvalue weighted by Gasteiger charge is 2.53. The summed E-state index contributed by atoms with van der Waals surface area (Å²) in [6.07, 6.45) is 16.9. The van der Waals surface area contributed by atoms with Crippen LogP contribution in [0.5, 0.6) is 0 Å². The Morgan fingerprint density at radius 1 is 1.00 bits per heavy atom. The zero-order valence-electron chi connectivity index (χ0n) is 7.73. The van der Waals surface area contributed by atoms with E-state index < -0.39 is 0 Å². The Hall–Kier alpha value is -1.57. The van der Waals surface area contributed by atoms with Crippen LogP contribution >= 0.6 is 0 Å². The van der Waals surface area contributed by atoms with E-state index in [1.54, 1.807) is 0 Å². The molecule has 0 unspecified atom stereocenters. The second-order valence-corrected chi connectivity index (χ2v) is 4.07. The first-order chi connectivity index (χ1) is 6.77. The molecule has 2 aliphatic carbocycles. The normalized spacial score (nSPS) is 42.1. The number of hydrogen-bond acceptors (Lipinski definition) is 1. The van der Waals surface area contributed by atoms with Gasteiger partial charge in [0.25, 0.3) is 0 Å². The lowest BCUT2D eigenvalue weighted by atomic mass is 9.66. The molecule has 1 amide bonds. The first-order valence-corrected chi connectivity index (χ1v) is 4.82. The highest BCUT2D eigenvalue weighted by atomic mass is 16.2. The summed E-state index contributed by atoms with van der Waals surface area (Å²) in [4.78, 5) is 11.5. The molecule has 1 heterocycles. The Balaban J connectivity index is 2.23. The minimum Gasteiger partial charge on any atom is -0.342 e. The van der Waals surface area contributed by atoms with Gasteiger partial charge in [0, 0.05) is 11.8 Å². The summed E-state index contributed by atoms with van der Waals surface area (Å²) in [6.45, 7) is 0. The average Bonchev–Trinajstić information content (AvgIpc) is 2.48. The monoisotopic (exact) mass is 185 g/mol. The average molecular weight is 185 g/mol. The number of rotatable bonds is 0. The van der Waals surface area contributed by atoms with Crippen molar-refractivity contribution in [1.82, 2.24) is 5.32 Å². The Kier molecular flexibility index (Phi) is 1.26. The summed E-state index contributed by atoms with van der Waals surface area (Å²) in [6, 6.07) is 0. The molecule has 1 fully saturated rings. The number of amides is 1. The zero-order chi connectivity index (χ0) is 9.65. The SMILES string of the molecule is O=C1CC23C=CC=CC2(C=CC=C3)N1. The third-order valence-corrected chi connectivity index (χ3v) is 3.30. The van der Waals surface area contributed by atoms with Crippen LogP contribution in [0, 0.1) is 5.41 Å². The summed E-state index contributed by atoms with van der Waals surface area (Å²) in [7, 11) is 0. The molecule has 0 saturated carbocycles. The van der Waals surface area contributed by atoms with Crippen molar-refractivity contribution in [1.29, 1.82) is 0 Å². The summed E-state index contributed by atoms with van der Waals surface area (Å²) in [5, 5.41) is 3.05. The largest absolute Gasteiger partial charge is 0.342 e. The third kappa shape index (κ3) is 0.739. The van der Waals surface area contributed by atoms with Crippen molar-refractivity contribution < 1.29 is 4.79 Å². The molecule has 3 rings (SSSR count). The van der Waals surface area contributed by atoms with Crippen LogP contribution in [0.25, 0.3) is 0 Å². The molecule has 2 nitrogen and oxygen atoms in total. The van der Waals surface area contributed by atoms with Crippen molar-refractivity contribution in [3.63, 3.8) is 0 Å². The van der Waals surface area contributed by atoms with Gasteiger partial charge in [-0.15, -0.1) is 0 Å². The van der Waals surface area contributed by atoms with Crippen LogP contribution < -0.4 is 5.32 Å². The van der Waals surface area contributed by atoms with Crippen molar-refractivity contribution in [2.75, 3.05) is 0 Å². The number of carbonyl (C=O) groups excluding carboxylic acids is 1. The molecule has 1 aliphatic heterocycles. The van der Waals surface area contributed by atoms with Gasteiger partial charge in [-0.2, -0.15) is 0 Å². The van der Waals surface area contributed by atoms with E-state index in [0.717, 1.165) is 0 Å². The smallest absolute Gasteiger partial charge is 0.222 e. The maximum atomic E-state index is 11.5. The van der Waals surface area contributed by atoms with E-state index in [-0.39, 0.29) is 16.9 Å². The van der Waals surface area contributed by atoms with Crippen molar-refractivity contribution in [3.05, 3.63) is 48.6 Å². The minimum atomic E-state index is -0.298. The zero-order valence-corrected chi connectivity index (χ0v) is 7.73. The minimum absolute atomic E-state index is 0.123. The molecule has 0 aromatic carbocycles. The predicted molar refractivity (Wildman–Crippen MR) is 54.5 cm³/mol. The van der Waals surface area contributed by atoms with Crippen LogP contribution in [-0.2, 0) is 4.79 Å². The molecule has 1 N–H and O–H groups in total. The standard InChI is InChI=1S/C12H11NO/c14-10-9-11-5-1-3-7-12(11,13-10)8-4-2-6-11/h1-8H,9H2,(H,13,14). The molecule has 14 heavy (non-hydrogen) atoms. The first-order valence-electron chi connectivity index (χ1n) is 4.82. The van der Waals surface area contributed by atoms with Gasteiger partial charge in [0.05, 0.1) is 5.54 Å². The summed E-state index contributed by atoms with van der Waals surface area (Å²) in [5.74, 6) is 0.123. The van der Waals surface area contributed by atoms with Gasteiger partial charge < -0.3 is 5.32 Å². The molecule has 0 aromatic rings. The fraction of sp³-hybridized carbons (Fsp3) is 0.250. The lowest BCUT2D eigenvalue weighted by Gasteiger charge is -2.40. The highest BCUT2D eigenvalue weighted by molar-refractivity contribution is 5.84. The van der Waals surface area contributed by atoms with E-state index in [4.69, 9.17) is 0 Å². The predicted octanol–water partition coefficient (Wildman–Crippen LogP) is 1.48. The Morgan fingerprint density at radius 3 is 2.14 bits per heavy atom. The molecular formula is C12H11NO. The van der Waals surface area contributed by atoms with Crippen LogP contribution in [0.4, 0.5) is 0 Å². The van der Waals surface area contributed by atoms with Crippen molar-refractivity contribution in [3.8, 4) is 0 Å². The molecule has 0 radical (unpaired) electrons. The Bertz CT molecular complexity index is 350. The first kappa shape index (κ1) is 7.80. The fourth-order valence-electron chi connectivity index (χ4n) is 2.57. The van der Waals surface area contributed by atoms with Gasteiger partial charge in [-0.25, -0.2) is 0 Å². The molecule has 0 atom stereocenters. The lowest BCUT2D eigenvalue weighted by molar-refractivity contribution is -0.119. The lowest BCUT2D eigenvalue weighted by Crippen LogP contribution is -2.49. The second-order valence-electron chi connectivity index (χ2n) is 4.07. The van der Waals surface area contributed by atoms with E-state index in [1.807, 2.05) is 24.3 Å². The van der Waals surface area contributed by atoms with Gasteiger partial charge in [-0.3, -0.25) is 4.79 Å². The van der Waals surface area contributed by atoms with Gasteiger partial charge >= 0.3 is 0 Å². The molecule has 3 aliphatic rings. The Labute approximate surface area is 82.7 Å². The van der Waals surface area contributed by atoms with Crippen molar-refractivity contribution in [2.24, 2.45) is 5.41 Å². The van der Waals surface area contributed by atoms with Gasteiger partial charge in [0.2, 0.25) is 5.91 Å². The van der Waals surface area contributed by atoms with Crippen LogP contribution in [0.1, 0.15) is 6.42 Å². The fourth-order valence-corrected chi connectivity index (χ4v) is 2.57. The summed E-state index contributed by atoms with van der Waals surface area (Å²) in [5.41, 5.74) is -0.457. The Morgan fingerprint density at radius 2 is 1.57 bits per heavy atom. The highest BCUT2D eigenvalue weighted by Crippen LogP contribution is 2.48. The molecule has 0 bridgehead atoms. The van der Waals surface area contributed by atoms with Crippen molar-refractivity contribution in [2.45, 2.75) is 12.0 Å². The molecule has 2 heteroatoms. The molecule has 70 valence electrons. The van der Waals surface area contributed by atoms with Crippen LogP contribution in [-0.4, -0.2) is 11.4 Å². The summed E-state index contributed by atoms with van der Waals surface area (Å²) >= 11 is 0. The van der Waals surface area contributed by atoms with Crippen LogP contribution in [0.3, 0.4) is 0 Å². The molecule has 0 aromatic heterocycles. The van der Waals surface area contributed by atoms with E-state index in [0.29, 0.717) is 6.42 Å². The van der Waals surface area contributed by atoms with Crippen LogP contribution in [0.15, 0.2) is 48.6 Å². The maximum absolute atomic E-state index is 11.5. The van der Waals surface area contributed by atoms with Gasteiger partial charge in [-0.1, -0.05) is 48.6 Å². The van der Waals surface area contributed by atoms with Gasteiger partial charge in [-0.05, 0) is 0 Å². The number of allylic oxidation sites excluding steroid dienone is 4. The van der Waals surface area contributed by atoms with Gasteiger partial charge in [0.15, 0.2) is 0 Å². The van der Waals surface area contributed by atoms with E-state index in [2.05, 4.69) is 29.6 Å². The van der Waals surface area contributed by atoms with Crippen molar-refractivity contribution >= 4 is 5.91 Å². The molecular weight excluding hydrogens is 174 g/mol. The van der Waals surface area contributed by atoms with Gasteiger partial charge in [0.1, 0.15) is 0 Å². The summed E-state index contributed by atoms with van der Waals surface area (Å²) < 4.78 is 0. The van der Waals surface area contributed by atoms with Crippen LogP contribution in [0.2, 0.25) is 0 Å². The molecule has 1 saturated heterocycles. The molecule has 0 spiro atoms. The van der Waals surface area contributed by atoms with E-state index in [1.165, 1.54) is 0 Å². The second kappa shape index (κ2) is 2.27. The van der Waals surface area contributed by atoms with E-state index in [9.17, 15) is 4.79 Å². The van der Waals surface area contributed by atoms with E-state index >= 15 is 0 Å². The number of carbonyl (C=O) groups is 1. The maximum Gasteiger partial charge on any atom is 0.222 e. The number of hydrogen-bond donors (Lipinski definition) is 1. The number of nitrogens with one attached hydrogen (secondary N) is 1. The quantitative estimate of drug-likeness (QED) is 0.608. The third-order valence-electron chi connectivity index (χ3n) is 3.30.